The van der Waals surface area contributed by atoms with Crippen LogP contribution in [0.2, 0.25) is 0 Å². The van der Waals surface area contributed by atoms with Gasteiger partial charge in [-0.1, -0.05) is 6.58 Å². The predicted molar refractivity (Wildman–Crippen MR) is 73.9 cm³/mol. The third-order valence-electron chi connectivity index (χ3n) is 3.83. The highest BCUT2D eigenvalue weighted by Gasteiger charge is 2.24. The van der Waals surface area contributed by atoms with Gasteiger partial charge in [0.15, 0.2) is 0 Å². The van der Waals surface area contributed by atoms with Crippen LogP contribution in [0, 0.1) is 5.82 Å². The molecular weight excluding hydrogens is 257 g/mol. The highest BCUT2D eigenvalue weighted by molar-refractivity contribution is 5.87. The number of aromatic nitrogens is 2. The Labute approximate surface area is 116 Å². The highest BCUT2D eigenvalue weighted by atomic mass is 19.1. The Kier molecular flexibility index (Phi) is 3.26. The summed E-state index contributed by atoms with van der Waals surface area (Å²) in [6, 6.07) is 3.09. The van der Waals surface area contributed by atoms with Crippen molar-refractivity contribution < 1.29 is 9.18 Å². The molecule has 1 aliphatic heterocycles. The molecule has 0 aliphatic carbocycles. The van der Waals surface area contributed by atoms with E-state index in [0.29, 0.717) is 5.92 Å². The third-order valence-corrected chi connectivity index (χ3v) is 3.83. The predicted octanol–water partition coefficient (Wildman–Crippen LogP) is 2.37. The molecule has 4 nitrogen and oxygen atoms in total. The molecule has 1 aliphatic rings. The topological polar surface area (TPSA) is 37.6 Å². The van der Waals surface area contributed by atoms with E-state index in [2.05, 4.69) is 11.6 Å². The van der Waals surface area contributed by atoms with E-state index in [1.165, 1.54) is 18.3 Å². The van der Waals surface area contributed by atoms with E-state index >= 15 is 0 Å². The Balaban J connectivity index is 1.76. The van der Waals surface area contributed by atoms with Gasteiger partial charge in [-0.25, -0.2) is 9.37 Å². The molecule has 20 heavy (non-hydrogen) atoms. The zero-order chi connectivity index (χ0) is 14.1. The number of hydrogen-bond donors (Lipinski definition) is 0. The van der Waals surface area contributed by atoms with Crippen molar-refractivity contribution in [1.29, 1.82) is 0 Å². The summed E-state index contributed by atoms with van der Waals surface area (Å²) in [5.41, 5.74) is 1.73. The third kappa shape index (κ3) is 2.31. The standard InChI is InChI=1S/C15H16FN3O/c1-2-15(20)18-7-5-11(6-8-18)13-10-19-9-12(16)3-4-14(19)17-13/h2-4,9-11H,1,5-8H2. The molecular formula is C15H16FN3O. The molecule has 0 N–H and O–H groups in total. The number of carbonyl (C=O) groups excluding carboxylic acids is 1. The number of amides is 1. The fraction of sp³-hybridized carbons (Fsp3) is 0.333. The van der Waals surface area contributed by atoms with E-state index in [-0.39, 0.29) is 11.7 Å². The Morgan fingerprint density at radius 1 is 1.35 bits per heavy atom. The number of rotatable bonds is 2. The SMILES string of the molecule is C=CC(=O)N1CCC(c2cn3cc(F)ccc3n2)CC1. The number of piperidine rings is 1. The van der Waals surface area contributed by atoms with Crippen molar-refractivity contribution in [3.8, 4) is 0 Å². The van der Waals surface area contributed by atoms with Gasteiger partial charge in [0, 0.05) is 31.4 Å². The van der Waals surface area contributed by atoms with Gasteiger partial charge in [-0.05, 0) is 31.1 Å². The summed E-state index contributed by atoms with van der Waals surface area (Å²) in [5.74, 6) is 0.0419. The van der Waals surface area contributed by atoms with Crippen LogP contribution in [0.3, 0.4) is 0 Å². The maximum absolute atomic E-state index is 13.2. The average Bonchev–Trinajstić information content (AvgIpc) is 2.89. The van der Waals surface area contributed by atoms with Crippen LogP contribution < -0.4 is 0 Å². The molecule has 0 bridgehead atoms. The second-order valence-electron chi connectivity index (χ2n) is 5.08. The van der Waals surface area contributed by atoms with Crippen LogP contribution in [0.4, 0.5) is 4.39 Å². The number of hydrogen-bond acceptors (Lipinski definition) is 2. The molecule has 5 heteroatoms. The molecule has 2 aromatic heterocycles. The van der Waals surface area contributed by atoms with E-state index in [1.54, 1.807) is 15.4 Å². The number of nitrogens with zero attached hydrogens (tertiary/aromatic N) is 3. The Hall–Kier alpha value is -2.17. The minimum absolute atomic E-state index is 0.0134. The van der Waals surface area contributed by atoms with Crippen molar-refractivity contribution in [1.82, 2.24) is 14.3 Å². The van der Waals surface area contributed by atoms with Crippen LogP contribution in [0.5, 0.6) is 0 Å². The van der Waals surface area contributed by atoms with Crippen molar-refractivity contribution in [2.75, 3.05) is 13.1 Å². The lowest BCUT2D eigenvalue weighted by atomic mass is 9.94. The van der Waals surface area contributed by atoms with Gasteiger partial charge < -0.3 is 9.30 Å². The molecule has 0 unspecified atom stereocenters. The van der Waals surface area contributed by atoms with Crippen molar-refractivity contribution in [2.24, 2.45) is 0 Å². The zero-order valence-corrected chi connectivity index (χ0v) is 11.1. The summed E-state index contributed by atoms with van der Waals surface area (Å²) in [7, 11) is 0. The van der Waals surface area contributed by atoms with Crippen molar-refractivity contribution >= 4 is 11.6 Å². The highest BCUT2D eigenvalue weighted by Crippen LogP contribution is 2.27. The van der Waals surface area contributed by atoms with Gasteiger partial charge in [0.1, 0.15) is 11.5 Å². The number of halogens is 1. The number of likely N-dealkylation sites (tertiary alicyclic amines) is 1. The van der Waals surface area contributed by atoms with E-state index < -0.39 is 0 Å². The minimum Gasteiger partial charge on any atom is -0.339 e. The van der Waals surface area contributed by atoms with Gasteiger partial charge in [-0.2, -0.15) is 0 Å². The normalized spacial score (nSPS) is 16.6. The average molecular weight is 273 g/mol. The van der Waals surface area contributed by atoms with Crippen LogP contribution in [0.1, 0.15) is 24.5 Å². The lowest BCUT2D eigenvalue weighted by Crippen LogP contribution is -2.36. The van der Waals surface area contributed by atoms with Crippen LogP contribution in [-0.2, 0) is 4.79 Å². The Bertz CT molecular complexity index is 656. The fourth-order valence-electron chi connectivity index (χ4n) is 2.71. The number of fused-ring (bicyclic) bond motifs is 1. The van der Waals surface area contributed by atoms with Gasteiger partial charge in [0.2, 0.25) is 5.91 Å². The fourth-order valence-corrected chi connectivity index (χ4v) is 2.71. The first-order valence-corrected chi connectivity index (χ1v) is 6.73. The molecule has 0 atom stereocenters. The second kappa shape index (κ2) is 5.07. The van der Waals surface area contributed by atoms with Crippen LogP contribution in [0.15, 0.2) is 37.2 Å². The van der Waals surface area contributed by atoms with Gasteiger partial charge in [0.05, 0.1) is 5.69 Å². The van der Waals surface area contributed by atoms with E-state index in [1.807, 2.05) is 6.20 Å². The molecule has 104 valence electrons. The van der Waals surface area contributed by atoms with Gasteiger partial charge in [-0.15, -0.1) is 0 Å². The molecule has 1 fully saturated rings. The van der Waals surface area contributed by atoms with Crippen molar-refractivity contribution in [2.45, 2.75) is 18.8 Å². The zero-order valence-electron chi connectivity index (χ0n) is 11.1. The lowest BCUT2D eigenvalue weighted by molar-refractivity contribution is -0.127. The molecule has 3 rings (SSSR count). The molecule has 0 spiro atoms. The quantitative estimate of drug-likeness (QED) is 0.788. The molecule has 3 heterocycles. The van der Waals surface area contributed by atoms with Crippen LogP contribution in [0.25, 0.3) is 5.65 Å². The number of pyridine rings is 1. The van der Waals surface area contributed by atoms with Gasteiger partial charge in [-0.3, -0.25) is 4.79 Å². The second-order valence-corrected chi connectivity index (χ2v) is 5.08. The molecule has 0 saturated carbocycles. The maximum atomic E-state index is 13.2. The Morgan fingerprint density at radius 3 is 2.80 bits per heavy atom. The maximum Gasteiger partial charge on any atom is 0.245 e. The monoisotopic (exact) mass is 273 g/mol. The van der Waals surface area contributed by atoms with Gasteiger partial charge in [0.25, 0.3) is 0 Å². The first kappa shape index (κ1) is 12.8. The Morgan fingerprint density at radius 2 is 2.10 bits per heavy atom. The lowest BCUT2D eigenvalue weighted by Gasteiger charge is -2.30. The van der Waals surface area contributed by atoms with Crippen LogP contribution in [-0.4, -0.2) is 33.3 Å². The van der Waals surface area contributed by atoms with E-state index in [9.17, 15) is 9.18 Å². The summed E-state index contributed by atoms with van der Waals surface area (Å²) in [5, 5.41) is 0. The van der Waals surface area contributed by atoms with Crippen molar-refractivity contribution in [3.05, 3.63) is 48.7 Å². The first-order valence-electron chi connectivity index (χ1n) is 6.73. The number of imidazole rings is 1. The smallest absolute Gasteiger partial charge is 0.245 e. The molecule has 1 amide bonds. The summed E-state index contributed by atoms with van der Waals surface area (Å²) < 4.78 is 14.9. The van der Waals surface area contributed by atoms with E-state index in [4.69, 9.17) is 0 Å². The largest absolute Gasteiger partial charge is 0.339 e. The molecule has 0 radical (unpaired) electrons. The minimum atomic E-state index is -0.271. The number of carbonyl (C=O) groups is 1. The summed E-state index contributed by atoms with van der Waals surface area (Å²) in [4.78, 5) is 17.9. The summed E-state index contributed by atoms with van der Waals surface area (Å²) >= 11 is 0. The molecule has 0 aromatic carbocycles. The summed E-state index contributed by atoms with van der Waals surface area (Å²) in [6.45, 7) is 4.95. The molecule has 2 aromatic rings. The summed E-state index contributed by atoms with van der Waals surface area (Å²) in [6.07, 6.45) is 6.43. The molecule has 1 saturated heterocycles. The van der Waals surface area contributed by atoms with Crippen LogP contribution >= 0.6 is 0 Å². The van der Waals surface area contributed by atoms with Crippen molar-refractivity contribution in [3.63, 3.8) is 0 Å². The first-order chi connectivity index (χ1) is 9.67. The van der Waals surface area contributed by atoms with Gasteiger partial charge >= 0.3 is 0 Å². The van der Waals surface area contributed by atoms with E-state index in [0.717, 1.165) is 37.3 Å².